The predicted molar refractivity (Wildman–Crippen MR) is 116 cm³/mol. The van der Waals surface area contributed by atoms with Crippen molar-refractivity contribution >= 4 is 23.6 Å². The minimum absolute atomic E-state index is 0.211. The van der Waals surface area contributed by atoms with Gasteiger partial charge in [0.05, 0.1) is 11.8 Å². The standard InChI is InChI=1S/C26H25NO5/c1-26(2,3)18(28)13-32-19(29)12-27-24(30)22-20-14-8-4-5-9-15(14)21(23(22)25(27)31)17-11-7-6-10-16(17)20/h4-11,20-23H,12-13H2,1-3H3/t20?,21?,22-,23+. The van der Waals surface area contributed by atoms with Crippen molar-refractivity contribution in [3.05, 3.63) is 70.8 Å². The molecule has 1 fully saturated rings. The normalized spacial score (nSPS) is 25.3. The third-order valence-electron chi connectivity index (χ3n) is 7.03. The second-order valence-electron chi connectivity index (χ2n) is 9.86. The Kier molecular flexibility index (Phi) is 4.59. The summed E-state index contributed by atoms with van der Waals surface area (Å²) < 4.78 is 5.10. The van der Waals surface area contributed by atoms with Gasteiger partial charge in [-0.1, -0.05) is 69.3 Å². The van der Waals surface area contributed by atoms with Crippen LogP contribution in [0, 0.1) is 17.3 Å². The lowest BCUT2D eigenvalue weighted by Gasteiger charge is -2.45. The first-order valence-corrected chi connectivity index (χ1v) is 10.9. The number of benzene rings is 2. The Balaban J connectivity index is 1.44. The van der Waals surface area contributed by atoms with Crippen LogP contribution in [0.3, 0.4) is 0 Å². The summed E-state index contributed by atoms with van der Waals surface area (Å²) in [4.78, 5) is 52.4. The number of carbonyl (C=O) groups is 4. The monoisotopic (exact) mass is 431 g/mol. The van der Waals surface area contributed by atoms with Gasteiger partial charge in [-0.2, -0.15) is 0 Å². The highest BCUT2D eigenvalue weighted by atomic mass is 16.5. The maximum absolute atomic E-state index is 13.4. The van der Waals surface area contributed by atoms with E-state index in [2.05, 4.69) is 0 Å². The molecule has 2 amide bonds. The summed E-state index contributed by atoms with van der Waals surface area (Å²) in [5, 5.41) is 0. The molecule has 2 aromatic carbocycles. The van der Waals surface area contributed by atoms with Crippen LogP contribution in [0.5, 0.6) is 0 Å². The van der Waals surface area contributed by atoms with E-state index in [1.54, 1.807) is 20.8 Å². The van der Waals surface area contributed by atoms with Gasteiger partial charge in [0.15, 0.2) is 12.4 Å². The lowest BCUT2D eigenvalue weighted by atomic mass is 9.55. The molecule has 6 nitrogen and oxygen atoms in total. The van der Waals surface area contributed by atoms with Crippen molar-refractivity contribution in [1.29, 1.82) is 0 Å². The van der Waals surface area contributed by atoms with Crippen LogP contribution in [0.1, 0.15) is 54.9 Å². The van der Waals surface area contributed by atoms with E-state index in [-0.39, 0.29) is 36.0 Å². The molecule has 0 N–H and O–H groups in total. The molecule has 6 heteroatoms. The highest BCUT2D eigenvalue weighted by Crippen LogP contribution is 2.60. The molecule has 1 aliphatic heterocycles. The van der Waals surface area contributed by atoms with E-state index in [9.17, 15) is 19.2 Å². The van der Waals surface area contributed by atoms with Gasteiger partial charge in [0, 0.05) is 17.3 Å². The lowest BCUT2D eigenvalue weighted by molar-refractivity contribution is -0.155. The number of esters is 1. The van der Waals surface area contributed by atoms with Crippen LogP contribution >= 0.6 is 0 Å². The fourth-order valence-electron chi connectivity index (χ4n) is 5.43. The number of rotatable bonds is 4. The van der Waals surface area contributed by atoms with Crippen molar-refractivity contribution in [2.75, 3.05) is 13.2 Å². The molecule has 0 unspecified atom stereocenters. The van der Waals surface area contributed by atoms with Crippen molar-refractivity contribution in [2.45, 2.75) is 32.6 Å². The van der Waals surface area contributed by atoms with Gasteiger partial charge in [-0.3, -0.25) is 24.1 Å². The molecule has 2 atom stereocenters. The van der Waals surface area contributed by atoms with Crippen LogP contribution < -0.4 is 0 Å². The first kappa shape index (κ1) is 20.6. The molecule has 2 bridgehead atoms. The van der Waals surface area contributed by atoms with Crippen molar-refractivity contribution in [3.63, 3.8) is 0 Å². The molecule has 6 rings (SSSR count). The number of imide groups is 1. The number of ketones is 1. The van der Waals surface area contributed by atoms with E-state index in [0.29, 0.717) is 0 Å². The van der Waals surface area contributed by atoms with E-state index in [1.165, 1.54) is 0 Å². The first-order valence-electron chi connectivity index (χ1n) is 10.9. The van der Waals surface area contributed by atoms with Crippen LogP contribution in [0.4, 0.5) is 0 Å². The molecule has 0 saturated carbocycles. The maximum Gasteiger partial charge on any atom is 0.326 e. The number of hydrogen-bond donors (Lipinski definition) is 0. The van der Waals surface area contributed by atoms with Crippen molar-refractivity contribution in [3.8, 4) is 0 Å². The summed E-state index contributed by atoms with van der Waals surface area (Å²) >= 11 is 0. The molecule has 3 aliphatic carbocycles. The van der Waals surface area contributed by atoms with E-state index in [0.717, 1.165) is 27.2 Å². The number of hydrogen-bond acceptors (Lipinski definition) is 5. The zero-order valence-electron chi connectivity index (χ0n) is 18.3. The quantitative estimate of drug-likeness (QED) is 0.549. The molecule has 0 spiro atoms. The number of nitrogens with zero attached hydrogens (tertiary/aromatic N) is 1. The summed E-state index contributed by atoms with van der Waals surface area (Å²) in [5.41, 5.74) is 3.70. The summed E-state index contributed by atoms with van der Waals surface area (Å²) in [6.45, 7) is 4.40. The minimum Gasteiger partial charge on any atom is -0.456 e. The van der Waals surface area contributed by atoms with Gasteiger partial charge in [0.1, 0.15) is 6.54 Å². The Morgan fingerprint density at radius 2 is 1.22 bits per heavy atom. The Hall–Kier alpha value is -3.28. The molecule has 0 radical (unpaired) electrons. The fraction of sp³-hybridized carbons (Fsp3) is 0.385. The van der Waals surface area contributed by atoms with Crippen molar-refractivity contribution in [1.82, 2.24) is 4.90 Å². The smallest absolute Gasteiger partial charge is 0.326 e. The number of Topliss-reactive ketones (excluding diaryl/α,β-unsaturated/α-hetero) is 1. The zero-order valence-corrected chi connectivity index (χ0v) is 18.3. The fourth-order valence-corrected chi connectivity index (χ4v) is 5.43. The molecular formula is C26H25NO5. The van der Waals surface area contributed by atoms with E-state index in [1.807, 2.05) is 48.5 Å². The molecular weight excluding hydrogens is 406 g/mol. The third kappa shape index (κ3) is 2.93. The number of likely N-dealkylation sites (tertiary alicyclic amines) is 1. The topological polar surface area (TPSA) is 80.8 Å². The van der Waals surface area contributed by atoms with Crippen LogP contribution in [-0.4, -0.2) is 41.6 Å². The van der Waals surface area contributed by atoms with Crippen LogP contribution in [0.25, 0.3) is 0 Å². The predicted octanol–water partition coefficient (Wildman–Crippen LogP) is 3.04. The molecule has 164 valence electrons. The summed E-state index contributed by atoms with van der Waals surface area (Å²) in [5.74, 6) is -3.11. The van der Waals surface area contributed by atoms with Gasteiger partial charge in [0.25, 0.3) is 0 Å². The van der Waals surface area contributed by atoms with Gasteiger partial charge >= 0.3 is 5.97 Å². The van der Waals surface area contributed by atoms with E-state index >= 15 is 0 Å². The first-order chi connectivity index (χ1) is 15.2. The SMILES string of the molecule is CC(C)(C)C(=O)COC(=O)CN1C(=O)[C@@H]2C3c4ccccc4C(c4ccccc43)[C@@H]2C1=O. The summed E-state index contributed by atoms with van der Waals surface area (Å²) in [6, 6.07) is 16.0. The average Bonchev–Trinajstić information content (AvgIpc) is 3.02. The molecule has 32 heavy (non-hydrogen) atoms. The van der Waals surface area contributed by atoms with E-state index < -0.39 is 29.8 Å². The van der Waals surface area contributed by atoms with Crippen LogP contribution in [-0.2, 0) is 23.9 Å². The second kappa shape index (κ2) is 7.12. The maximum atomic E-state index is 13.4. The molecule has 2 aromatic rings. The number of amides is 2. The Morgan fingerprint density at radius 3 is 1.59 bits per heavy atom. The van der Waals surface area contributed by atoms with Crippen LogP contribution in [0.2, 0.25) is 0 Å². The molecule has 0 aromatic heterocycles. The third-order valence-corrected chi connectivity index (χ3v) is 7.03. The van der Waals surface area contributed by atoms with Gasteiger partial charge < -0.3 is 4.74 Å². The molecule has 1 heterocycles. The van der Waals surface area contributed by atoms with Gasteiger partial charge in [-0.25, -0.2) is 0 Å². The summed E-state index contributed by atoms with van der Waals surface area (Å²) in [7, 11) is 0. The molecule has 1 saturated heterocycles. The van der Waals surface area contributed by atoms with Crippen LogP contribution in [0.15, 0.2) is 48.5 Å². The van der Waals surface area contributed by atoms with Crippen molar-refractivity contribution < 1.29 is 23.9 Å². The Morgan fingerprint density at radius 1 is 0.812 bits per heavy atom. The minimum atomic E-state index is -0.745. The van der Waals surface area contributed by atoms with Crippen molar-refractivity contribution in [2.24, 2.45) is 17.3 Å². The highest BCUT2D eigenvalue weighted by molar-refractivity contribution is 6.09. The lowest BCUT2D eigenvalue weighted by Crippen LogP contribution is -2.41. The van der Waals surface area contributed by atoms with E-state index in [4.69, 9.17) is 4.74 Å². The second-order valence-corrected chi connectivity index (χ2v) is 9.86. The zero-order chi connectivity index (χ0) is 22.8. The Labute approximate surface area is 186 Å². The highest BCUT2D eigenvalue weighted by Gasteiger charge is 2.61. The summed E-state index contributed by atoms with van der Waals surface area (Å²) in [6.07, 6.45) is 0. The van der Waals surface area contributed by atoms with Gasteiger partial charge in [0.2, 0.25) is 11.8 Å². The Bertz CT molecular complexity index is 1050. The van der Waals surface area contributed by atoms with Gasteiger partial charge in [-0.15, -0.1) is 0 Å². The van der Waals surface area contributed by atoms with Gasteiger partial charge in [-0.05, 0) is 22.3 Å². The average molecular weight is 431 g/mol. The molecule has 4 aliphatic rings. The number of carbonyl (C=O) groups excluding carboxylic acids is 4. The largest absolute Gasteiger partial charge is 0.456 e. The number of ether oxygens (including phenoxy) is 1.